The molecule has 0 radical (unpaired) electrons. The van der Waals surface area contributed by atoms with E-state index in [2.05, 4.69) is 17.3 Å². The van der Waals surface area contributed by atoms with Gasteiger partial charge in [0, 0.05) is 17.6 Å². The van der Waals surface area contributed by atoms with E-state index in [1.54, 1.807) is 0 Å². The smallest absolute Gasteiger partial charge is 0.125 e. The first-order valence-corrected chi connectivity index (χ1v) is 8.39. The van der Waals surface area contributed by atoms with Crippen LogP contribution < -0.4 is 5.32 Å². The van der Waals surface area contributed by atoms with E-state index in [0.717, 1.165) is 31.1 Å². The number of rotatable bonds is 7. The fraction of sp³-hybridized carbons (Fsp3) is 0.647. The number of hydrogen-bond acceptors (Lipinski definition) is 2. The van der Waals surface area contributed by atoms with E-state index >= 15 is 0 Å². The molecule has 0 spiro atoms. The van der Waals surface area contributed by atoms with Gasteiger partial charge in [-0.05, 0) is 63.2 Å². The Hall–Kier alpha value is -0.640. The largest absolute Gasteiger partial charge is 0.313 e. The molecule has 4 heteroatoms. The highest BCUT2D eigenvalue weighted by molar-refractivity contribution is 6.30. The number of hydrogen-bond donors (Lipinski definition) is 1. The third-order valence-corrected chi connectivity index (χ3v) is 4.53. The first-order chi connectivity index (χ1) is 10.1. The first-order valence-electron chi connectivity index (χ1n) is 8.01. The summed E-state index contributed by atoms with van der Waals surface area (Å²) in [5.41, 5.74) is 0.903. The molecular formula is C17H26ClFN2. The summed E-state index contributed by atoms with van der Waals surface area (Å²) in [6.45, 7) is 2.75. The molecule has 2 nitrogen and oxygen atoms in total. The summed E-state index contributed by atoms with van der Waals surface area (Å²) in [4.78, 5) is 2.50. The van der Waals surface area contributed by atoms with E-state index in [9.17, 15) is 4.39 Å². The minimum atomic E-state index is -0.267. The van der Waals surface area contributed by atoms with Crippen LogP contribution in [-0.4, -0.2) is 31.1 Å². The van der Waals surface area contributed by atoms with Gasteiger partial charge >= 0.3 is 0 Å². The van der Waals surface area contributed by atoms with Crippen LogP contribution in [0.3, 0.4) is 0 Å². The predicted octanol–water partition coefficient (Wildman–Crippen LogP) is 4.22. The second-order valence-electron chi connectivity index (χ2n) is 6.08. The fourth-order valence-corrected chi connectivity index (χ4v) is 3.35. The summed E-state index contributed by atoms with van der Waals surface area (Å²) >= 11 is 5.84. The van der Waals surface area contributed by atoms with Crippen LogP contribution in [0, 0.1) is 5.82 Å². The number of benzene rings is 1. The topological polar surface area (TPSA) is 15.3 Å². The number of nitrogens with zero attached hydrogens (tertiary/aromatic N) is 1. The Labute approximate surface area is 132 Å². The van der Waals surface area contributed by atoms with Gasteiger partial charge in [0.1, 0.15) is 5.82 Å². The fourth-order valence-electron chi connectivity index (χ4n) is 3.10. The van der Waals surface area contributed by atoms with Crippen LogP contribution in [0.15, 0.2) is 18.2 Å². The minimum Gasteiger partial charge on any atom is -0.313 e. The van der Waals surface area contributed by atoms with Crippen LogP contribution in [0.4, 0.5) is 4.39 Å². The second kappa shape index (κ2) is 8.72. The Morgan fingerprint density at radius 2 is 2.00 bits per heavy atom. The van der Waals surface area contributed by atoms with Crippen molar-refractivity contribution in [2.45, 2.75) is 51.1 Å². The van der Waals surface area contributed by atoms with Gasteiger partial charge in [-0.3, -0.25) is 0 Å². The van der Waals surface area contributed by atoms with E-state index in [-0.39, 0.29) is 5.82 Å². The first kappa shape index (κ1) is 16.7. The second-order valence-corrected chi connectivity index (χ2v) is 6.52. The Balaban J connectivity index is 1.61. The van der Waals surface area contributed by atoms with Crippen molar-refractivity contribution in [1.29, 1.82) is 0 Å². The van der Waals surface area contributed by atoms with Crippen molar-refractivity contribution in [3.05, 3.63) is 34.6 Å². The van der Waals surface area contributed by atoms with Gasteiger partial charge in [0.25, 0.3) is 0 Å². The minimum absolute atomic E-state index is 0.267. The molecule has 1 fully saturated rings. The number of halogens is 2. The maximum Gasteiger partial charge on any atom is 0.125 e. The van der Waals surface area contributed by atoms with Gasteiger partial charge in [-0.25, -0.2) is 4.39 Å². The lowest BCUT2D eigenvalue weighted by Gasteiger charge is -2.31. The molecule has 0 amide bonds. The molecule has 0 aliphatic heterocycles. The molecule has 0 bridgehead atoms. The molecule has 1 aromatic carbocycles. The zero-order valence-electron chi connectivity index (χ0n) is 12.9. The van der Waals surface area contributed by atoms with Crippen LogP contribution in [0.25, 0.3) is 0 Å². The highest BCUT2D eigenvalue weighted by atomic mass is 35.5. The molecule has 21 heavy (non-hydrogen) atoms. The summed E-state index contributed by atoms with van der Waals surface area (Å²) in [5, 5.41) is 3.82. The summed E-state index contributed by atoms with van der Waals surface area (Å²) in [6.07, 6.45) is 8.00. The SMILES string of the molecule is CN(CCCNCc1cc(F)cc(Cl)c1)C1CCCCC1. The summed E-state index contributed by atoms with van der Waals surface area (Å²) in [5.74, 6) is -0.267. The van der Waals surface area contributed by atoms with Crippen molar-refractivity contribution in [2.75, 3.05) is 20.1 Å². The lowest BCUT2D eigenvalue weighted by atomic mass is 9.94. The average Bonchev–Trinajstić information content (AvgIpc) is 2.46. The van der Waals surface area contributed by atoms with Gasteiger partial charge in [-0.15, -0.1) is 0 Å². The molecule has 1 aliphatic rings. The highest BCUT2D eigenvalue weighted by Crippen LogP contribution is 2.21. The molecular weight excluding hydrogens is 287 g/mol. The van der Waals surface area contributed by atoms with Crippen LogP contribution in [0.2, 0.25) is 5.02 Å². The summed E-state index contributed by atoms with van der Waals surface area (Å²) in [7, 11) is 2.24. The zero-order valence-corrected chi connectivity index (χ0v) is 13.6. The molecule has 1 aromatic rings. The van der Waals surface area contributed by atoms with Gasteiger partial charge in [0.2, 0.25) is 0 Å². The zero-order chi connectivity index (χ0) is 15.1. The van der Waals surface area contributed by atoms with Crippen LogP contribution in [0.5, 0.6) is 0 Å². The molecule has 0 atom stereocenters. The normalized spacial score (nSPS) is 16.6. The van der Waals surface area contributed by atoms with E-state index in [1.807, 2.05) is 6.07 Å². The Morgan fingerprint density at radius 3 is 2.71 bits per heavy atom. The van der Waals surface area contributed by atoms with Crippen LogP contribution in [-0.2, 0) is 6.54 Å². The third kappa shape index (κ3) is 5.93. The van der Waals surface area contributed by atoms with Crippen molar-refractivity contribution in [1.82, 2.24) is 10.2 Å². The lowest BCUT2D eigenvalue weighted by molar-refractivity contribution is 0.189. The maximum absolute atomic E-state index is 13.2. The van der Waals surface area contributed by atoms with Gasteiger partial charge in [-0.1, -0.05) is 30.9 Å². The van der Waals surface area contributed by atoms with Crippen molar-refractivity contribution >= 4 is 11.6 Å². The quantitative estimate of drug-likeness (QED) is 0.758. The monoisotopic (exact) mass is 312 g/mol. The highest BCUT2D eigenvalue weighted by Gasteiger charge is 2.17. The van der Waals surface area contributed by atoms with Crippen molar-refractivity contribution in [2.24, 2.45) is 0 Å². The van der Waals surface area contributed by atoms with Gasteiger partial charge in [-0.2, -0.15) is 0 Å². The average molecular weight is 313 g/mol. The molecule has 1 N–H and O–H groups in total. The van der Waals surface area contributed by atoms with E-state index in [0.29, 0.717) is 11.6 Å². The predicted molar refractivity (Wildman–Crippen MR) is 87.2 cm³/mol. The Kier molecular flexibility index (Phi) is 6.94. The van der Waals surface area contributed by atoms with Gasteiger partial charge < -0.3 is 10.2 Å². The molecule has 2 rings (SSSR count). The molecule has 1 aliphatic carbocycles. The van der Waals surface area contributed by atoms with E-state index in [1.165, 1.54) is 44.2 Å². The van der Waals surface area contributed by atoms with Crippen molar-refractivity contribution < 1.29 is 4.39 Å². The van der Waals surface area contributed by atoms with E-state index in [4.69, 9.17) is 11.6 Å². The third-order valence-electron chi connectivity index (χ3n) is 4.31. The van der Waals surface area contributed by atoms with Crippen LogP contribution in [0.1, 0.15) is 44.1 Å². The summed E-state index contributed by atoms with van der Waals surface area (Å²) in [6, 6.07) is 5.46. The van der Waals surface area contributed by atoms with Gasteiger partial charge in [0.05, 0.1) is 0 Å². The molecule has 0 aromatic heterocycles. The molecule has 1 saturated carbocycles. The molecule has 0 heterocycles. The molecule has 0 saturated heterocycles. The molecule has 118 valence electrons. The maximum atomic E-state index is 13.2. The summed E-state index contributed by atoms with van der Waals surface area (Å²) < 4.78 is 13.2. The van der Waals surface area contributed by atoms with E-state index < -0.39 is 0 Å². The number of nitrogens with one attached hydrogen (secondary N) is 1. The Bertz CT molecular complexity index is 413. The lowest BCUT2D eigenvalue weighted by Crippen LogP contribution is -2.35. The molecule has 0 unspecified atom stereocenters. The standard InChI is InChI=1S/C17H26ClFN2/c1-21(17-6-3-2-4-7-17)9-5-8-20-13-14-10-15(18)12-16(19)11-14/h10-12,17,20H,2-9,13H2,1H3. The van der Waals surface area contributed by atoms with Crippen molar-refractivity contribution in [3.63, 3.8) is 0 Å². The Morgan fingerprint density at radius 1 is 1.24 bits per heavy atom. The van der Waals surface area contributed by atoms with Crippen LogP contribution >= 0.6 is 11.6 Å². The van der Waals surface area contributed by atoms with Crippen molar-refractivity contribution in [3.8, 4) is 0 Å². The van der Waals surface area contributed by atoms with Gasteiger partial charge in [0.15, 0.2) is 0 Å².